The van der Waals surface area contributed by atoms with Crippen LogP contribution in [0.5, 0.6) is 0 Å². The largest absolute Gasteiger partial charge is 0.369 e. The molecule has 3 aromatic carbocycles. The summed E-state index contributed by atoms with van der Waals surface area (Å²) in [5.74, 6) is -0.0303. The van der Waals surface area contributed by atoms with Crippen LogP contribution in [-0.4, -0.2) is 49.4 Å². The molecule has 1 saturated heterocycles. The molecule has 0 aliphatic carbocycles. The molecule has 0 unspecified atom stereocenters. The third-order valence-electron chi connectivity index (χ3n) is 6.12. The topological polar surface area (TPSA) is 39.2 Å². The maximum Gasteiger partial charge on any atom is 0.278 e. The van der Waals surface area contributed by atoms with E-state index in [1.807, 2.05) is 60.4 Å². The van der Waals surface area contributed by atoms with E-state index in [0.717, 1.165) is 53.2 Å². The normalized spacial score (nSPS) is 17.8. The number of aliphatic imine (C=N–C) groups is 1. The molecule has 32 heavy (non-hydrogen) atoms. The van der Waals surface area contributed by atoms with Crippen molar-refractivity contribution in [3.05, 3.63) is 88.4 Å². The van der Waals surface area contributed by atoms with Crippen LogP contribution in [0.4, 0.5) is 17.1 Å². The molecule has 0 aromatic heterocycles. The van der Waals surface area contributed by atoms with Gasteiger partial charge in [0, 0.05) is 41.9 Å². The molecular formula is C26H25BrN4O. The molecule has 0 radical (unpaired) electrons. The zero-order valence-corrected chi connectivity index (χ0v) is 19.6. The molecule has 2 aliphatic heterocycles. The number of anilines is 2. The van der Waals surface area contributed by atoms with Gasteiger partial charge in [-0.1, -0.05) is 52.3 Å². The summed E-state index contributed by atoms with van der Waals surface area (Å²) in [5, 5.41) is 0. The van der Waals surface area contributed by atoms with E-state index < -0.39 is 0 Å². The first-order valence-electron chi connectivity index (χ1n) is 10.9. The number of para-hydroxylation sites is 2. The highest BCUT2D eigenvalue weighted by Gasteiger charge is 2.35. The molecule has 6 heteroatoms. The van der Waals surface area contributed by atoms with Crippen LogP contribution in [0.25, 0.3) is 0 Å². The Morgan fingerprint density at radius 2 is 1.62 bits per heavy atom. The fourth-order valence-corrected chi connectivity index (χ4v) is 4.57. The van der Waals surface area contributed by atoms with Crippen LogP contribution in [-0.2, 0) is 4.79 Å². The average Bonchev–Trinajstić information content (AvgIpc) is 3.08. The number of carbonyl (C=O) groups excluding carboxylic acids is 1. The van der Waals surface area contributed by atoms with Crippen LogP contribution in [0.1, 0.15) is 11.1 Å². The number of hydrogen-bond acceptors (Lipinski definition) is 4. The van der Waals surface area contributed by atoms with Gasteiger partial charge in [-0.05, 0) is 48.9 Å². The fourth-order valence-electron chi connectivity index (χ4n) is 4.32. The Morgan fingerprint density at radius 3 is 2.38 bits per heavy atom. The van der Waals surface area contributed by atoms with Gasteiger partial charge in [-0.25, -0.2) is 4.99 Å². The maximum absolute atomic E-state index is 13.4. The molecule has 0 saturated carbocycles. The van der Waals surface area contributed by atoms with Crippen molar-refractivity contribution in [3.8, 4) is 0 Å². The van der Waals surface area contributed by atoms with E-state index in [9.17, 15) is 4.79 Å². The average molecular weight is 489 g/mol. The highest BCUT2D eigenvalue weighted by Crippen LogP contribution is 2.32. The van der Waals surface area contributed by atoms with Gasteiger partial charge in [0.15, 0.2) is 0 Å². The molecule has 0 bridgehead atoms. The molecule has 5 rings (SSSR count). The molecule has 0 atom stereocenters. The summed E-state index contributed by atoms with van der Waals surface area (Å²) in [6.45, 7) is 6.34. The summed E-state index contributed by atoms with van der Waals surface area (Å²) < 4.78 is 1.04. The second kappa shape index (κ2) is 8.88. The summed E-state index contributed by atoms with van der Waals surface area (Å²) in [6.07, 6.45) is 0. The van der Waals surface area contributed by atoms with E-state index in [2.05, 4.69) is 50.0 Å². The van der Waals surface area contributed by atoms with Gasteiger partial charge in [-0.2, -0.15) is 0 Å². The van der Waals surface area contributed by atoms with E-state index in [-0.39, 0.29) is 5.91 Å². The summed E-state index contributed by atoms with van der Waals surface area (Å²) in [7, 11) is 0. The Kier molecular flexibility index (Phi) is 5.81. The Morgan fingerprint density at radius 1 is 0.906 bits per heavy atom. The lowest BCUT2D eigenvalue weighted by Crippen LogP contribution is -2.51. The van der Waals surface area contributed by atoms with Gasteiger partial charge in [0.25, 0.3) is 5.91 Å². The van der Waals surface area contributed by atoms with E-state index in [0.29, 0.717) is 12.4 Å². The lowest BCUT2D eigenvalue weighted by atomic mass is 10.1. The SMILES string of the molecule is Cc1cc(N=C2C(=O)N(CN3CCN(c4ccccc4)CC3)c3ccccc32)ccc1Br. The van der Waals surface area contributed by atoms with E-state index in [4.69, 9.17) is 4.99 Å². The van der Waals surface area contributed by atoms with Crippen LogP contribution in [0.3, 0.4) is 0 Å². The lowest BCUT2D eigenvalue weighted by Gasteiger charge is -2.37. The van der Waals surface area contributed by atoms with Crippen molar-refractivity contribution in [2.45, 2.75) is 6.92 Å². The van der Waals surface area contributed by atoms with Crippen LogP contribution in [0, 0.1) is 6.92 Å². The minimum atomic E-state index is -0.0303. The van der Waals surface area contributed by atoms with Gasteiger partial charge in [0.05, 0.1) is 18.0 Å². The van der Waals surface area contributed by atoms with Gasteiger partial charge in [0.1, 0.15) is 5.71 Å². The van der Waals surface area contributed by atoms with Crippen molar-refractivity contribution < 1.29 is 4.79 Å². The van der Waals surface area contributed by atoms with Crippen molar-refractivity contribution in [2.75, 3.05) is 42.6 Å². The zero-order chi connectivity index (χ0) is 22.1. The van der Waals surface area contributed by atoms with Crippen molar-refractivity contribution in [3.63, 3.8) is 0 Å². The molecule has 162 valence electrons. The number of hydrogen-bond donors (Lipinski definition) is 0. The number of benzene rings is 3. The molecular weight excluding hydrogens is 464 g/mol. The molecule has 3 aromatic rings. The highest BCUT2D eigenvalue weighted by atomic mass is 79.9. The second-order valence-electron chi connectivity index (χ2n) is 8.23. The van der Waals surface area contributed by atoms with Crippen LogP contribution in [0.15, 0.2) is 82.3 Å². The quantitative estimate of drug-likeness (QED) is 0.518. The Labute approximate surface area is 197 Å². The molecule has 0 spiro atoms. The Balaban J connectivity index is 1.35. The van der Waals surface area contributed by atoms with Crippen LogP contribution >= 0.6 is 15.9 Å². The molecule has 0 N–H and O–H groups in total. The molecule has 5 nitrogen and oxygen atoms in total. The minimum absolute atomic E-state index is 0.0303. The van der Waals surface area contributed by atoms with Gasteiger partial charge >= 0.3 is 0 Å². The third-order valence-corrected chi connectivity index (χ3v) is 7.00. The fraction of sp³-hybridized carbons (Fsp3) is 0.231. The second-order valence-corrected chi connectivity index (χ2v) is 9.08. The third kappa shape index (κ3) is 4.08. The number of piperazine rings is 1. The van der Waals surface area contributed by atoms with Gasteiger partial charge in [-0.15, -0.1) is 0 Å². The monoisotopic (exact) mass is 488 g/mol. The van der Waals surface area contributed by atoms with Crippen molar-refractivity contribution >= 4 is 44.6 Å². The first-order chi connectivity index (χ1) is 15.6. The number of nitrogens with zero attached hydrogens (tertiary/aromatic N) is 4. The summed E-state index contributed by atoms with van der Waals surface area (Å²) in [4.78, 5) is 24.8. The number of fused-ring (bicyclic) bond motifs is 1. The van der Waals surface area contributed by atoms with Crippen molar-refractivity contribution in [1.82, 2.24) is 4.90 Å². The van der Waals surface area contributed by atoms with E-state index in [1.54, 1.807) is 0 Å². The van der Waals surface area contributed by atoms with Gasteiger partial charge in [0.2, 0.25) is 0 Å². The Hall–Kier alpha value is -2.96. The maximum atomic E-state index is 13.4. The standard InChI is InChI=1S/C26H25BrN4O/c1-19-17-20(11-12-23(19)27)28-25-22-9-5-6-10-24(22)31(26(25)32)18-29-13-15-30(16-14-29)21-7-3-2-4-8-21/h2-12,17H,13-16,18H2,1H3. The van der Waals surface area contributed by atoms with Gasteiger partial charge in [-0.3, -0.25) is 14.6 Å². The predicted molar refractivity (Wildman–Crippen MR) is 134 cm³/mol. The highest BCUT2D eigenvalue weighted by molar-refractivity contribution is 9.10. The lowest BCUT2D eigenvalue weighted by molar-refractivity contribution is -0.112. The number of aryl methyl sites for hydroxylation is 1. The van der Waals surface area contributed by atoms with Crippen LogP contribution in [0.2, 0.25) is 0 Å². The van der Waals surface area contributed by atoms with E-state index >= 15 is 0 Å². The van der Waals surface area contributed by atoms with Crippen LogP contribution < -0.4 is 9.80 Å². The molecule has 2 aliphatic rings. The first kappa shape index (κ1) is 20.9. The number of rotatable bonds is 4. The van der Waals surface area contributed by atoms with Gasteiger partial charge < -0.3 is 4.90 Å². The van der Waals surface area contributed by atoms with Crippen molar-refractivity contribution in [1.29, 1.82) is 0 Å². The molecule has 2 heterocycles. The number of halogens is 1. The molecule has 1 fully saturated rings. The molecule has 1 amide bonds. The Bertz CT molecular complexity index is 1170. The first-order valence-corrected chi connectivity index (χ1v) is 11.7. The van der Waals surface area contributed by atoms with Crippen molar-refractivity contribution in [2.24, 2.45) is 4.99 Å². The van der Waals surface area contributed by atoms with E-state index in [1.165, 1.54) is 5.69 Å². The summed E-state index contributed by atoms with van der Waals surface area (Å²) >= 11 is 3.53. The predicted octanol–water partition coefficient (Wildman–Crippen LogP) is 5.00. The minimum Gasteiger partial charge on any atom is -0.369 e. The smallest absolute Gasteiger partial charge is 0.278 e. The summed E-state index contributed by atoms with van der Waals surface area (Å²) in [6, 6.07) is 24.4. The zero-order valence-electron chi connectivity index (χ0n) is 18.0. The summed E-state index contributed by atoms with van der Waals surface area (Å²) in [5.41, 5.74) is 5.51. The number of carbonyl (C=O) groups is 1. The number of amides is 1.